The van der Waals surface area contributed by atoms with Crippen LogP contribution in [0.2, 0.25) is 0 Å². The lowest BCUT2D eigenvalue weighted by Crippen LogP contribution is -2.49. The van der Waals surface area contributed by atoms with Gasteiger partial charge in [0, 0.05) is 45.1 Å². The molecule has 1 aromatic heterocycles. The molecule has 0 aliphatic carbocycles. The predicted octanol–water partition coefficient (Wildman–Crippen LogP) is 1.11. The number of piperidine rings is 1. The number of ether oxygens (including phenoxy) is 1. The van der Waals surface area contributed by atoms with Crippen molar-refractivity contribution in [1.82, 2.24) is 19.4 Å². The summed E-state index contributed by atoms with van der Waals surface area (Å²) in [5.41, 5.74) is 0. The average molecular weight is 278 g/mol. The molecule has 0 aromatic carbocycles. The van der Waals surface area contributed by atoms with Crippen LogP contribution >= 0.6 is 0 Å². The van der Waals surface area contributed by atoms with Crippen LogP contribution in [0.5, 0.6) is 0 Å². The highest BCUT2D eigenvalue weighted by Crippen LogP contribution is 2.20. The molecule has 0 N–H and O–H groups in total. The molecule has 5 heteroatoms. The van der Waals surface area contributed by atoms with E-state index in [1.54, 1.807) is 0 Å². The Hall–Kier alpha value is -0.910. The Morgan fingerprint density at radius 3 is 2.85 bits per heavy atom. The molecule has 112 valence electrons. The monoisotopic (exact) mass is 278 g/mol. The standard InChI is InChI=1S/C15H26N4O/c1-17-7-5-16-15(17)13-19-6-3-2-4-14(19)12-18-8-10-20-11-9-18/h5,7,14H,2-4,6,8-13H2,1H3/t14-/m0/s1. The third kappa shape index (κ3) is 3.40. The van der Waals surface area contributed by atoms with Gasteiger partial charge in [-0.2, -0.15) is 0 Å². The second kappa shape index (κ2) is 6.70. The molecule has 3 rings (SSSR count). The van der Waals surface area contributed by atoms with Crippen LogP contribution in [0, 0.1) is 0 Å². The largest absolute Gasteiger partial charge is 0.379 e. The van der Waals surface area contributed by atoms with Gasteiger partial charge in [-0.3, -0.25) is 9.80 Å². The second-order valence-corrected chi connectivity index (χ2v) is 5.99. The van der Waals surface area contributed by atoms with Gasteiger partial charge in [-0.05, 0) is 19.4 Å². The van der Waals surface area contributed by atoms with Gasteiger partial charge in [-0.15, -0.1) is 0 Å². The lowest BCUT2D eigenvalue weighted by atomic mass is 10.0. The van der Waals surface area contributed by atoms with Crippen molar-refractivity contribution in [1.29, 1.82) is 0 Å². The summed E-state index contributed by atoms with van der Waals surface area (Å²) >= 11 is 0. The summed E-state index contributed by atoms with van der Waals surface area (Å²) in [5, 5.41) is 0. The molecule has 0 saturated carbocycles. The molecule has 2 saturated heterocycles. The minimum absolute atomic E-state index is 0.679. The molecule has 5 nitrogen and oxygen atoms in total. The number of aryl methyl sites for hydroxylation is 1. The van der Waals surface area contributed by atoms with Crippen LogP contribution in [-0.4, -0.2) is 64.8 Å². The van der Waals surface area contributed by atoms with E-state index in [-0.39, 0.29) is 0 Å². The smallest absolute Gasteiger partial charge is 0.122 e. The quantitative estimate of drug-likeness (QED) is 0.826. The molecule has 0 radical (unpaired) electrons. The Morgan fingerprint density at radius 2 is 2.10 bits per heavy atom. The van der Waals surface area contributed by atoms with E-state index in [0.717, 1.165) is 32.8 Å². The first-order valence-corrected chi connectivity index (χ1v) is 7.83. The van der Waals surface area contributed by atoms with Crippen LogP contribution in [0.1, 0.15) is 25.1 Å². The maximum Gasteiger partial charge on any atom is 0.122 e. The molecular weight excluding hydrogens is 252 g/mol. The van der Waals surface area contributed by atoms with Crippen molar-refractivity contribution in [2.45, 2.75) is 31.8 Å². The van der Waals surface area contributed by atoms with Gasteiger partial charge in [0.2, 0.25) is 0 Å². The van der Waals surface area contributed by atoms with E-state index in [9.17, 15) is 0 Å². The van der Waals surface area contributed by atoms with Crippen LogP contribution in [0.25, 0.3) is 0 Å². The maximum atomic E-state index is 5.45. The molecule has 2 aliphatic rings. The van der Waals surface area contributed by atoms with Crippen LogP contribution in [0.15, 0.2) is 12.4 Å². The minimum Gasteiger partial charge on any atom is -0.379 e. The van der Waals surface area contributed by atoms with E-state index >= 15 is 0 Å². The van der Waals surface area contributed by atoms with E-state index in [1.165, 1.54) is 38.2 Å². The third-order valence-corrected chi connectivity index (χ3v) is 4.59. The van der Waals surface area contributed by atoms with Crippen molar-refractivity contribution in [2.75, 3.05) is 39.4 Å². The molecular formula is C15H26N4O. The number of hydrogen-bond acceptors (Lipinski definition) is 4. The highest BCUT2D eigenvalue weighted by Gasteiger charge is 2.26. The zero-order valence-electron chi connectivity index (χ0n) is 12.5. The fourth-order valence-electron chi connectivity index (χ4n) is 3.29. The zero-order chi connectivity index (χ0) is 13.8. The van der Waals surface area contributed by atoms with Crippen LogP contribution in [0.4, 0.5) is 0 Å². The lowest BCUT2D eigenvalue weighted by molar-refractivity contribution is 0.0147. The first kappa shape index (κ1) is 14.0. The van der Waals surface area contributed by atoms with Crippen LogP contribution in [-0.2, 0) is 18.3 Å². The van der Waals surface area contributed by atoms with Crippen LogP contribution in [0.3, 0.4) is 0 Å². The average Bonchev–Trinajstić information content (AvgIpc) is 2.88. The normalized spacial score (nSPS) is 25.9. The molecule has 1 atom stereocenters. The number of aromatic nitrogens is 2. The number of likely N-dealkylation sites (tertiary alicyclic amines) is 1. The van der Waals surface area contributed by atoms with E-state index in [1.807, 2.05) is 12.4 Å². The van der Waals surface area contributed by atoms with E-state index in [2.05, 4.69) is 26.4 Å². The summed E-state index contributed by atoms with van der Waals surface area (Å²) in [4.78, 5) is 9.67. The summed E-state index contributed by atoms with van der Waals surface area (Å²) in [6.45, 7) is 7.35. The fourth-order valence-corrected chi connectivity index (χ4v) is 3.29. The first-order chi connectivity index (χ1) is 9.83. The Morgan fingerprint density at radius 1 is 1.25 bits per heavy atom. The van der Waals surface area contributed by atoms with Crippen molar-refractivity contribution in [3.8, 4) is 0 Å². The first-order valence-electron chi connectivity index (χ1n) is 7.83. The molecule has 20 heavy (non-hydrogen) atoms. The minimum atomic E-state index is 0.679. The molecule has 0 amide bonds. The molecule has 2 aliphatic heterocycles. The molecule has 2 fully saturated rings. The number of imidazole rings is 1. The summed E-state index contributed by atoms with van der Waals surface area (Å²) in [6.07, 6.45) is 7.95. The van der Waals surface area contributed by atoms with Gasteiger partial charge in [0.05, 0.1) is 19.8 Å². The maximum absolute atomic E-state index is 5.45. The van der Waals surface area contributed by atoms with Crippen molar-refractivity contribution in [3.05, 3.63) is 18.2 Å². The molecule has 0 bridgehead atoms. The Bertz CT molecular complexity index is 414. The highest BCUT2D eigenvalue weighted by molar-refractivity contribution is 4.93. The molecule has 0 spiro atoms. The molecule has 1 aromatic rings. The summed E-state index contributed by atoms with van der Waals surface area (Å²) in [6, 6.07) is 0.679. The Labute approximate surface area is 121 Å². The molecule has 0 unspecified atom stereocenters. The SMILES string of the molecule is Cn1ccnc1CN1CCCC[C@H]1CN1CCOCC1. The Kier molecular flexibility index (Phi) is 4.70. The number of nitrogens with zero attached hydrogens (tertiary/aromatic N) is 4. The summed E-state index contributed by atoms with van der Waals surface area (Å²) in [5.74, 6) is 1.18. The number of morpholine rings is 1. The summed E-state index contributed by atoms with van der Waals surface area (Å²) in [7, 11) is 2.09. The van der Waals surface area contributed by atoms with Gasteiger partial charge in [-0.1, -0.05) is 6.42 Å². The van der Waals surface area contributed by atoms with E-state index in [0.29, 0.717) is 6.04 Å². The van der Waals surface area contributed by atoms with Gasteiger partial charge in [0.1, 0.15) is 5.82 Å². The Balaban J connectivity index is 1.59. The second-order valence-electron chi connectivity index (χ2n) is 5.99. The van der Waals surface area contributed by atoms with Gasteiger partial charge in [-0.25, -0.2) is 4.98 Å². The predicted molar refractivity (Wildman–Crippen MR) is 78.5 cm³/mol. The van der Waals surface area contributed by atoms with E-state index < -0.39 is 0 Å². The van der Waals surface area contributed by atoms with Crippen molar-refractivity contribution < 1.29 is 4.74 Å². The lowest BCUT2D eigenvalue weighted by Gasteiger charge is -2.39. The number of hydrogen-bond donors (Lipinski definition) is 0. The van der Waals surface area contributed by atoms with Gasteiger partial charge >= 0.3 is 0 Å². The van der Waals surface area contributed by atoms with Crippen molar-refractivity contribution >= 4 is 0 Å². The van der Waals surface area contributed by atoms with Crippen molar-refractivity contribution in [3.63, 3.8) is 0 Å². The van der Waals surface area contributed by atoms with Crippen LogP contribution < -0.4 is 0 Å². The third-order valence-electron chi connectivity index (χ3n) is 4.59. The highest BCUT2D eigenvalue weighted by atomic mass is 16.5. The zero-order valence-corrected chi connectivity index (χ0v) is 12.5. The summed E-state index contributed by atoms with van der Waals surface area (Å²) < 4.78 is 7.59. The van der Waals surface area contributed by atoms with Gasteiger partial charge < -0.3 is 9.30 Å². The topological polar surface area (TPSA) is 33.5 Å². The van der Waals surface area contributed by atoms with Crippen molar-refractivity contribution in [2.24, 2.45) is 7.05 Å². The van der Waals surface area contributed by atoms with Gasteiger partial charge in [0.15, 0.2) is 0 Å². The van der Waals surface area contributed by atoms with Gasteiger partial charge in [0.25, 0.3) is 0 Å². The van der Waals surface area contributed by atoms with E-state index in [4.69, 9.17) is 4.74 Å². The number of rotatable bonds is 4. The fraction of sp³-hybridized carbons (Fsp3) is 0.800. The molecule has 3 heterocycles.